The summed E-state index contributed by atoms with van der Waals surface area (Å²) in [6.07, 6.45) is 1.79. The number of rotatable bonds is 5. The van der Waals surface area contributed by atoms with Gasteiger partial charge in [0.25, 0.3) is 5.91 Å². The summed E-state index contributed by atoms with van der Waals surface area (Å²) in [5.74, 6) is -0.266. The number of halogens is 2. The number of amides is 1. The van der Waals surface area contributed by atoms with Gasteiger partial charge in [0.1, 0.15) is 0 Å². The number of benzene rings is 2. The maximum atomic E-state index is 12.3. The first kappa shape index (κ1) is 18.6. The highest BCUT2D eigenvalue weighted by atomic mass is 79.9. The smallest absolute Gasteiger partial charge is 0.271 e. The molecule has 3 aromatic rings. The van der Waals surface area contributed by atoms with Crippen molar-refractivity contribution in [3.05, 3.63) is 86.4 Å². The molecule has 0 aliphatic carbocycles. The lowest BCUT2D eigenvalue weighted by atomic mass is 10.2. The summed E-state index contributed by atoms with van der Waals surface area (Å²) in [6.45, 7) is 4.38. The fraction of sp³-hybridized carbons (Fsp3) is 0.0526. The molecule has 1 N–H and O–H groups in total. The van der Waals surface area contributed by atoms with Crippen molar-refractivity contribution in [2.45, 2.75) is 6.54 Å². The van der Waals surface area contributed by atoms with E-state index in [1.807, 2.05) is 40.3 Å². The van der Waals surface area contributed by atoms with Crippen molar-refractivity contribution in [1.82, 2.24) is 9.99 Å². The van der Waals surface area contributed by atoms with Crippen LogP contribution >= 0.6 is 38.9 Å². The van der Waals surface area contributed by atoms with Gasteiger partial charge in [-0.15, -0.1) is 23.0 Å². The molecule has 132 valence electrons. The fourth-order valence-electron chi connectivity index (χ4n) is 2.37. The molecule has 3 rings (SSSR count). The van der Waals surface area contributed by atoms with Crippen molar-refractivity contribution in [3.8, 4) is 11.3 Å². The molecule has 0 bridgehead atoms. The van der Waals surface area contributed by atoms with Gasteiger partial charge in [0.15, 0.2) is 0 Å². The molecule has 1 amide bonds. The summed E-state index contributed by atoms with van der Waals surface area (Å²) in [5, 5.41) is 6.97. The largest absolute Gasteiger partial charge is 0.311 e. The molecule has 4 nitrogen and oxygen atoms in total. The Hall–Kier alpha value is -2.15. The Labute approximate surface area is 168 Å². The van der Waals surface area contributed by atoms with Crippen LogP contribution in [0, 0.1) is 0 Å². The van der Waals surface area contributed by atoms with Crippen LogP contribution in [0.1, 0.15) is 10.4 Å². The van der Waals surface area contributed by atoms with Crippen molar-refractivity contribution in [1.29, 1.82) is 0 Å². The summed E-state index contributed by atoms with van der Waals surface area (Å²) in [6, 6.07) is 14.8. The minimum Gasteiger partial charge on any atom is -0.311 e. The van der Waals surface area contributed by atoms with Gasteiger partial charge in [0.2, 0.25) is 4.80 Å². The van der Waals surface area contributed by atoms with Gasteiger partial charge >= 0.3 is 0 Å². The molecule has 7 heteroatoms. The first-order chi connectivity index (χ1) is 12.6. The van der Waals surface area contributed by atoms with Crippen LogP contribution in [0.15, 0.2) is 76.1 Å². The average Bonchev–Trinajstić information content (AvgIpc) is 3.03. The van der Waals surface area contributed by atoms with E-state index in [4.69, 9.17) is 11.6 Å². The number of allylic oxidation sites excluding steroid dienone is 1. The Morgan fingerprint density at radius 1 is 1.31 bits per heavy atom. The lowest BCUT2D eigenvalue weighted by molar-refractivity contribution is 0.0953. The molecule has 0 radical (unpaired) electrons. The Morgan fingerprint density at radius 3 is 2.77 bits per heavy atom. The zero-order valence-corrected chi connectivity index (χ0v) is 16.8. The maximum absolute atomic E-state index is 12.3. The van der Waals surface area contributed by atoms with Crippen molar-refractivity contribution < 1.29 is 4.79 Å². The molecule has 26 heavy (non-hydrogen) atoms. The second-order valence-corrected chi connectivity index (χ2v) is 7.56. The molecular weight excluding hydrogens is 434 g/mol. The van der Waals surface area contributed by atoms with E-state index in [9.17, 15) is 4.79 Å². The minimum absolute atomic E-state index is 0.266. The number of carbonyl (C=O) groups is 1. The molecule has 1 heterocycles. The third-order valence-electron chi connectivity index (χ3n) is 3.59. The van der Waals surface area contributed by atoms with Crippen molar-refractivity contribution in [2.75, 3.05) is 0 Å². The average molecular weight is 449 g/mol. The second-order valence-electron chi connectivity index (χ2n) is 5.37. The predicted molar refractivity (Wildman–Crippen MR) is 110 cm³/mol. The van der Waals surface area contributed by atoms with Crippen LogP contribution in [0.5, 0.6) is 0 Å². The van der Waals surface area contributed by atoms with Gasteiger partial charge in [-0.1, -0.05) is 51.8 Å². The van der Waals surface area contributed by atoms with Crippen LogP contribution in [0.3, 0.4) is 0 Å². The first-order valence-corrected chi connectivity index (χ1v) is 9.78. The highest BCUT2D eigenvalue weighted by Gasteiger charge is 2.09. The van der Waals surface area contributed by atoms with Crippen LogP contribution in [-0.4, -0.2) is 10.5 Å². The lowest BCUT2D eigenvalue weighted by Gasteiger charge is -2.07. The monoisotopic (exact) mass is 447 g/mol. The third kappa shape index (κ3) is 4.33. The standard InChI is InChI=1S/C19H15BrClN3OS/c1-2-10-24-17(13-6-8-16(21)9-7-13)12-26-19(24)23-22-18(25)14-4-3-5-15(20)11-14/h2-9,11-12H,1,10H2,(H,22,25)/b23-19-. The fourth-order valence-corrected chi connectivity index (χ4v) is 3.77. The van der Waals surface area contributed by atoms with Crippen molar-refractivity contribution in [2.24, 2.45) is 5.10 Å². The summed E-state index contributed by atoms with van der Waals surface area (Å²) >= 11 is 10.8. The van der Waals surface area contributed by atoms with E-state index < -0.39 is 0 Å². The van der Waals surface area contributed by atoms with Crippen molar-refractivity contribution in [3.63, 3.8) is 0 Å². The topological polar surface area (TPSA) is 46.4 Å². The molecule has 0 aliphatic heterocycles. The number of carbonyl (C=O) groups excluding carboxylic acids is 1. The van der Waals surface area contributed by atoms with E-state index in [1.54, 1.807) is 24.3 Å². The number of nitrogens with zero attached hydrogens (tertiary/aromatic N) is 2. The summed E-state index contributed by atoms with van der Waals surface area (Å²) < 4.78 is 2.83. The van der Waals surface area contributed by atoms with E-state index in [2.05, 4.69) is 33.0 Å². The molecule has 0 unspecified atom stereocenters. The molecule has 0 atom stereocenters. The Morgan fingerprint density at radius 2 is 2.08 bits per heavy atom. The Bertz CT molecular complexity index is 1010. The molecule has 1 aromatic heterocycles. The van der Waals surface area contributed by atoms with E-state index in [0.29, 0.717) is 21.9 Å². The number of nitrogens with one attached hydrogen (secondary N) is 1. The Balaban J connectivity index is 1.92. The van der Waals surface area contributed by atoms with Gasteiger partial charge in [0.05, 0.1) is 5.69 Å². The maximum Gasteiger partial charge on any atom is 0.271 e. The Kier molecular flexibility index (Phi) is 6.08. The van der Waals surface area contributed by atoms with E-state index >= 15 is 0 Å². The van der Waals surface area contributed by atoms with Gasteiger partial charge in [-0.2, -0.15) is 0 Å². The van der Waals surface area contributed by atoms with Gasteiger partial charge in [-0.25, -0.2) is 5.43 Å². The molecule has 0 spiro atoms. The van der Waals surface area contributed by atoms with E-state index in [0.717, 1.165) is 15.7 Å². The van der Waals surface area contributed by atoms with Gasteiger partial charge < -0.3 is 4.57 Å². The zero-order chi connectivity index (χ0) is 18.5. The second kappa shape index (κ2) is 8.49. The van der Waals surface area contributed by atoms with Gasteiger partial charge in [0, 0.05) is 27.0 Å². The molecule has 0 saturated heterocycles. The molecular formula is C19H15BrClN3OS. The van der Waals surface area contributed by atoms with Crippen LogP contribution in [0.2, 0.25) is 5.02 Å². The minimum atomic E-state index is -0.266. The van der Waals surface area contributed by atoms with Crippen LogP contribution in [-0.2, 0) is 6.54 Å². The molecule has 2 aromatic carbocycles. The SMILES string of the molecule is C=CCn1c(-c2ccc(Cl)cc2)cs/c1=N\NC(=O)c1cccc(Br)c1. The quantitative estimate of drug-likeness (QED) is 0.430. The van der Waals surface area contributed by atoms with Crippen LogP contribution in [0.4, 0.5) is 0 Å². The van der Waals surface area contributed by atoms with E-state index in [-0.39, 0.29) is 5.91 Å². The highest BCUT2D eigenvalue weighted by molar-refractivity contribution is 9.10. The molecule has 0 saturated carbocycles. The third-order valence-corrected chi connectivity index (χ3v) is 5.20. The van der Waals surface area contributed by atoms with Crippen LogP contribution < -0.4 is 10.2 Å². The molecule has 0 aliphatic rings. The van der Waals surface area contributed by atoms with Crippen LogP contribution in [0.25, 0.3) is 11.3 Å². The van der Waals surface area contributed by atoms with E-state index in [1.165, 1.54) is 11.3 Å². The zero-order valence-electron chi connectivity index (χ0n) is 13.7. The summed E-state index contributed by atoms with van der Waals surface area (Å²) in [5.41, 5.74) is 5.16. The number of hydrogen-bond donors (Lipinski definition) is 1. The number of thiazole rings is 1. The van der Waals surface area contributed by atoms with Gasteiger partial charge in [-0.3, -0.25) is 4.79 Å². The summed E-state index contributed by atoms with van der Waals surface area (Å²) in [4.78, 5) is 13.0. The summed E-state index contributed by atoms with van der Waals surface area (Å²) in [7, 11) is 0. The number of aromatic nitrogens is 1. The van der Waals surface area contributed by atoms with Gasteiger partial charge in [-0.05, 0) is 35.9 Å². The predicted octanol–water partition coefficient (Wildman–Crippen LogP) is 5.06. The van der Waals surface area contributed by atoms with Crippen molar-refractivity contribution >= 4 is 44.8 Å². The normalized spacial score (nSPS) is 11.4. The molecule has 0 fully saturated rings. The highest BCUT2D eigenvalue weighted by Crippen LogP contribution is 2.22. The first-order valence-electron chi connectivity index (χ1n) is 7.73. The lowest BCUT2D eigenvalue weighted by Crippen LogP contribution is -2.24. The number of hydrogen-bond acceptors (Lipinski definition) is 3.